The van der Waals surface area contributed by atoms with E-state index in [0.29, 0.717) is 11.3 Å². The standard InChI is InChI=1S/C13H12N2O/c1-9-6-7-11(8-14-9)13(16)12-5-3-4-10(2)15-12/h3-8H,1-2H3. The molecule has 0 atom stereocenters. The molecule has 0 radical (unpaired) electrons. The maximum Gasteiger partial charge on any atom is 0.212 e. The summed E-state index contributed by atoms with van der Waals surface area (Å²) >= 11 is 0. The summed E-state index contributed by atoms with van der Waals surface area (Å²) in [5.41, 5.74) is 2.77. The minimum absolute atomic E-state index is 0.0869. The van der Waals surface area contributed by atoms with E-state index in [4.69, 9.17) is 0 Å². The van der Waals surface area contributed by atoms with Gasteiger partial charge < -0.3 is 0 Å². The summed E-state index contributed by atoms with van der Waals surface area (Å²) in [6.45, 7) is 3.75. The molecule has 0 amide bonds. The number of carbonyl (C=O) groups is 1. The zero-order valence-corrected chi connectivity index (χ0v) is 9.27. The van der Waals surface area contributed by atoms with Crippen molar-refractivity contribution in [2.75, 3.05) is 0 Å². The number of pyridine rings is 2. The largest absolute Gasteiger partial charge is 0.287 e. The van der Waals surface area contributed by atoms with Crippen LogP contribution in [0.1, 0.15) is 27.4 Å². The van der Waals surface area contributed by atoms with Gasteiger partial charge >= 0.3 is 0 Å². The van der Waals surface area contributed by atoms with Crippen LogP contribution in [-0.2, 0) is 0 Å². The normalized spacial score (nSPS) is 10.1. The third-order valence-electron chi connectivity index (χ3n) is 2.29. The Morgan fingerprint density at radius 1 is 1.06 bits per heavy atom. The first kappa shape index (κ1) is 10.5. The molecule has 3 heteroatoms. The van der Waals surface area contributed by atoms with Crippen molar-refractivity contribution >= 4 is 5.78 Å². The molecule has 0 unspecified atom stereocenters. The second kappa shape index (κ2) is 4.23. The molecule has 0 saturated heterocycles. The number of carbonyl (C=O) groups excluding carboxylic acids is 1. The Bertz CT molecular complexity index is 518. The SMILES string of the molecule is Cc1ccc(C(=O)c2cccc(C)n2)cn1. The Morgan fingerprint density at radius 2 is 1.88 bits per heavy atom. The third-order valence-corrected chi connectivity index (χ3v) is 2.29. The van der Waals surface area contributed by atoms with Crippen LogP contribution in [0.5, 0.6) is 0 Å². The van der Waals surface area contributed by atoms with E-state index < -0.39 is 0 Å². The minimum atomic E-state index is -0.0869. The van der Waals surface area contributed by atoms with Crippen molar-refractivity contribution in [1.82, 2.24) is 9.97 Å². The van der Waals surface area contributed by atoms with Crippen LogP contribution >= 0.6 is 0 Å². The number of aromatic nitrogens is 2. The maximum atomic E-state index is 12.0. The van der Waals surface area contributed by atoms with Crippen LogP contribution in [0, 0.1) is 13.8 Å². The van der Waals surface area contributed by atoms with Crippen LogP contribution < -0.4 is 0 Å². The highest BCUT2D eigenvalue weighted by Crippen LogP contribution is 2.07. The molecular weight excluding hydrogens is 200 g/mol. The number of ketones is 1. The molecule has 0 aliphatic rings. The van der Waals surface area contributed by atoms with Gasteiger partial charge in [-0.3, -0.25) is 9.78 Å². The molecule has 0 saturated carbocycles. The smallest absolute Gasteiger partial charge is 0.212 e. The second-order valence-electron chi connectivity index (χ2n) is 3.68. The van der Waals surface area contributed by atoms with Crippen molar-refractivity contribution < 1.29 is 4.79 Å². The summed E-state index contributed by atoms with van der Waals surface area (Å²) in [6.07, 6.45) is 1.58. The monoisotopic (exact) mass is 212 g/mol. The van der Waals surface area contributed by atoms with Crippen molar-refractivity contribution in [2.24, 2.45) is 0 Å². The van der Waals surface area contributed by atoms with Crippen molar-refractivity contribution in [3.8, 4) is 0 Å². The third kappa shape index (κ3) is 2.14. The lowest BCUT2D eigenvalue weighted by Crippen LogP contribution is -2.05. The van der Waals surface area contributed by atoms with E-state index in [9.17, 15) is 4.79 Å². The average molecular weight is 212 g/mol. The van der Waals surface area contributed by atoms with Gasteiger partial charge in [0.15, 0.2) is 0 Å². The Hall–Kier alpha value is -2.03. The van der Waals surface area contributed by atoms with Crippen LogP contribution in [-0.4, -0.2) is 15.8 Å². The highest BCUT2D eigenvalue weighted by Gasteiger charge is 2.10. The molecular formula is C13H12N2O. The Kier molecular flexibility index (Phi) is 2.77. The number of hydrogen-bond donors (Lipinski definition) is 0. The summed E-state index contributed by atoms with van der Waals surface area (Å²) in [5, 5.41) is 0. The quantitative estimate of drug-likeness (QED) is 0.717. The van der Waals surface area contributed by atoms with Crippen molar-refractivity contribution in [1.29, 1.82) is 0 Å². The van der Waals surface area contributed by atoms with Gasteiger partial charge in [-0.2, -0.15) is 0 Å². The summed E-state index contributed by atoms with van der Waals surface area (Å²) in [6, 6.07) is 9.01. The van der Waals surface area contributed by atoms with E-state index in [1.807, 2.05) is 32.0 Å². The molecule has 80 valence electrons. The molecule has 2 aromatic rings. The summed E-state index contributed by atoms with van der Waals surface area (Å²) in [7, 11) is 0. The van der Waals surface area contributed by atoms with Gasteiger partial charge in [0.25, 0.3) is 0 Å². The van der Waals surface area contributed by atoms with Crippen LogP contribution in [0.2, 0.25) is 0 Å². The molecule has 16 heavy (non-hydrogen) atoms. The molecule has 3 nitrogen and oxygen atoms in total. The maximum absolute atomic E-state index is 12.0. The van der Waals surface area contributed by atoms with Gasteiger partial charge in [-0.25, -0.2) is 4.98 Å². The lowest BCUT2D eigenvalue weighted by atomic mass is 10.1. The Balaban J connectivity index is 2.35. The van der Waals surface area contributed by atoms with E-state index in [-0.39, 0.29) is 5.78 Å². The predicted octanol–water partition coefficient (Wildman–Crippen LogP) is 2.32. The van der Waals surface area contributed by atoms with Gasteiger partial charge in [-0.15, -0.1) is 0 Å². The first-order valence-electron chi connectivity index (χ1n) is 5.08. The number of nitrogens with zero attached hydrogens (tertiary/aromatic N) is 2. The van der Waals surface area contributed by atoms with E-state index in [0.717, 1.165) is 11.4 Å². The van der Waals surface area contributed by atoms with Gasteiger partial charge in [0.05, 0.1) is 0 Å². The fourth-order valence-corrected chi connectivity index (χ4v) is 1.42. The molecule has 0 bridgehead atoms. The van der Waals surface area contributed by atoms with E-state index in [1.165, 1.54) is 0 Å². The van der Waals surface area contributed by atoms with E-state index >= 15 is 0 Å². The minimum Gasteiger partial charge on any atom is -0.287 e. The highest BCUT2D eigenvalue weighted by molar-refractivity contribution is 6.07. The number of aryl methyl sites for hydroxylation is 2. The molecule has 0 fully saturated rings. The molecule has 2 rings (SSSR count). The first-order valence-corrected chi connectivity index (χ1v) is 5.08. The number of rotatable bonds is 2. The van der Waals surface area contributed by atoms with Gasteiger partial charge in [0.2, 0.25) is 5.78 Å². The van der Waals surface area contributed by atoms with Crippen molar-refractivity contribution in [2.45, 2.75) is 13.8 Å². The highest BCUT2D eigenvalue weighted by atomic mass is 16.1. The van der Waals surface area contributed by atoms with Crippen LogP contribution in [0.25, 0.3) is 0 Å². The summed E-state index contributed by atoms with van der Waals surface area (Å²) in [5.74, 6) is -0.0869. The molecule has 0 aliphatic carbocycles. The number of hydrogen-bond acceptors (Lipinski definition) is 3. The fourth-order valence-electron chi connectivity index (χ4n) is 1.42. The average Bonchev–Trinajstić information content (AvgIpc) is 2.29. The molecule has 0 aliphatic heterocycles. The first-order chi connectivity index (χ1) is 7.66. The molecule has 2 heterocycles. The van der Waals surface area contributed by atoms with Crippen molar-refractivity contribution in [3.63, 3.8) is 0 Å². The zero-order valence-electron chi connectivity index (χ0n) is 9.27. The molecule has 0 spiro atoms. The lowest BCUT2D eigenvalue weighted by molar-refractivity contribution is 0.103. The Morgan fingerprint density at radius 3 is 2.50 bits per heavy atom. The lowest BCUT2D eigenvalue weighted by Gasteiger charge is -2.01. The fraction of sp³-hybridized carbons (Fsp3) is 0.154. The van der Waals surface area contributed by atoms with E-state index in [1.54, 1.807) is 18.3 Å². The van der Waals surface area contributed by atoms with Crippen LogP contribution in [0.15, 0.2) is 36.5 Å². The van der Waals surface area contributed by atoms with Gasteiger partial charge in [0, 0.05) is 23.1 Å². The topological polar surface area (TPSA) is 42.9 Å². The summed E-state index contributed by atoms with van der Waals surface area (Å²) < 4.78 is 0. The molecule has 2 aromatic heterocycles. The van der Waals surface area contributed by atoms with Crippen LogP contribution in [0.3, 0.4) is 0 Å². The summed E-state index contributed by atoms with van der Waals surface area (Å²) in [4.78, 5) is 20.3. The molecule has 0 aromatic carbocycles. The zero-order chi connectivity index (χ0) is 11.5. The Labute approximate surface area is 94.2 Å². The molecule has 0 N–H and O–H groups in total. The van der Waals surface area contributed by atoms with Gasteiger partial charge in [0.1, 0.15) is 5.69 Å². The van der Waals surface area contributed by atoms with Gasteiger partial charge in [-0.05, 0) is 38.1 Å². The van der Waals surface area contributed by atoms with Crippen molar-refractivity contribution in [3.05, 3.63) is 59.2 Å². The predicted molar refractivity (Wildman–Crippen MR) is 61.4 cm³/mol. The van der Waals surface area contributed by atoms with Crippen LogP contribution in [0.4, 0.5) is 0 Å². The second-order valence-corrected chi connectivity index (χ2v) is 3.68. The van der Waals surface area contributed by atoms with E-state index in [2.05, 4.69) is 9.97 Å². The van der Waals surface area contributed by atoms with Gasteiger partial charge in [-0.1, -0.05) is 6.07 Å².